The van der Waals surface area contributed by atoms with Gasteiger partial charge in [-0.3, -0.25) is 4.79 Å². The second kappa shape index (κ2) is 7.54. The van der Waals surface area contributed by atoms with Gasteiger partial charge in [0, 0.05) is 4.47 Å². The molecule has 0 saturated heterocycles. The number of halogens is 2. The Morgan fingerprint density at radius 3 is 2.76 bits per heavy atom. The Labute approximate surface area is 129 Å². The van der Waals surface area contributed by atoms with Crippen LogP contribution in [0.2, 0.25) is 0 Å². The number of nitrogens with one attached hydrogen (secondary N) is 1. The molecule has 0 atom stereocenters. The molecule has 1 N–H and O–H groups in total. The third kappa shape index (κ3) is 5.35. The number of hydrogen-bond donors (Lipinski definition) is 1. The first-order valence-electron chi connectivity index (χ1n) is 6.09. The molecule has 2 aromatic rings. The van der Waals surface area contributed by atoms with Crippen molar-refractivity contribution in [1.82, 2.24) is 5.43 Å². The van der Waals surface area contributed by atoms with E-state index in [2.05, 4.69) is 26.5 Å². The lowest BCUT2D eigenvalue weighted by Gasteiger charge is -2.04. The fraction of sp³-hybridized carbons (Fsp3) is 0.0667. The van der Waals surface area contributed by atoms with Crippen LogP contribution in [0.4, 0.5) is 4.39 Å². The third-order valence-electron chi connectivity index (χ3n) is 2.44. The molecule has 0 aromatic heterocycles. The highest BCUT2D eigenvalue weighted by Crippen LogP contribution is 2.15. The maximum atomic E-state index is 12.9. The normalized spacial score (nSPS) is 10.6. The molecule has 1 amide bonds. The van der Waals surface area contributed by atoms with Crippen molar-refractivity contribution < 1.29 is 13.9 Å². The number of rotatable bonds is 5. The standard InChI is InChI=1S/C15H12BrFN2O2/c16-12-4-6-14(7-5-12)21-10-15(20)19-18-9-11-2-1-3-13(17)8-11/h1-9H,10H2,(H,19,20)/b18-9+. The summed E-state index contributed by atoms with van der Waals surface area (Å²) in [6.07, 6.45) is 1.36. The average molecular weight is 351 g/mol. The van der Waals surface area contributed by atoms with Gasteiger partial charge in [0.05, 0.1) is 6.21 Å². The minimum Gasteiger partial charge on any atom is -0.484 e. The smallest absolute Gasteiger partial charge is 0.277 e. The van der Waals surface area contributed by atoms with Crippen molar-refractivity contribution in [1.29, 1.82) is 0 Å². The molecule has 0 heterocycles. The van der Waals surface area contributed by atoms with Gasteiger partial charge in [0.15, 0.2) is 6.61 Å². The minimum atomic E-state index is -0.398. The highest BCUT2D eigenvalue weighted by molar-refractivity contribution is 9.10. The summed E-state index contributed by atoms with van der Waals surface area (Å²) >= 11 is 3.31. The number of ether oxygens (including phenoxy) is 1. The summed E-state index contributed by atoms with van der Waals surface area (Å²) < 4.78 is 19.1. The molecule has 0 aliphatic carbocycles. The molecule has 0 saturated carbocycles. The maximum Gasteiger partial charge on any atom is 0.277 e. The molecule has 108 valence electrons. The number of hydrazone groups is 1. The molecule has 0 unspecified atom stereocenters. The van der Waals surface area contributed by atoms with E-state index in [0.717, 1.165) is 4.47 Å². The van der Waals surface area contributed by atoms with Crippen LogP contribution in [0, 0.1) is 5.82 Å². The Morgan fingerprint density at radius 1 is 1.29 bits per heavy atom. The number of carbonyl (C=O) groups is 1. The van der Waals surface area contributed by atoms with Crippen LogP contribution in [0.15, 0.2) is 58.1 Å². The first-order chi connectivity index (χ1) is 10.1. The van der Waals surface area contributed by atoms with E-state index in [0.29, 0.717) is 11.3 Å². The predicted octanol–water partition coefficient (Wildman–Crippen LogP) is 3.12. The Morgan fingerprint density at radius 2 is 2.05 bits per heavy atom. The number of carbonyl (C=O) groups excluding carboxylic acids is 1. The summed E-state index contributed by atoms with van der Waals surface area (Å²) in [5, 5.41) is 3.73. The molecule has 0 aliphatic heterocycles. The molecular formula is C15H12BrFN2O2. The van der Waals surface area contributed by atoms with Gasteiger partial charge in [-0.2, -0.15) is 5.10 Å². The van der Waals surface area contributed by atoms with E-state index in [-0.39, 0.29) is 12.4 Å². The molecule has 4 nitrogen and oxygen atoms in total. The van der Waals surface area contributed by atoms with Gasteiger partial charge in [0.25, 0.3) is 5.91 Å². The SMILES string of the molecule is O=C(COc1ccc(Br)cc1)N/N=C/c1cccc(F)c1. The van der Waals surface area contributed by atoms with Crippen LogP contribution >= 0.6 is 15.9 Å². The maximum absolute atomic E-state index is 12.9. The van der Waals surface area contributed by atoms with Crippen molar-refractivity contribution in [3.63, 3.8) is 0 Å². The summed E-state index contributed by atoms with van der Waals surface area (Å²) in [4.78, 5) is 11.5. The van der Waals surface area contributed by atoms with E-state index < -0.39 is 5.91 Å². The highest BCUT2D eigenvalue weighted by Gasteiger charge is 2.01. The molecule has 0 aliphatic rings. The van der Waals surface area contributed by atoms with Crippen molar-refractivity contribution in [2.24, 2.45) is 5.10 Å². The van der Waals surface area contributed by atoms with E-state index in [4.69, 9.17) is 4.74 Å². The van der Waals surface area contributed by atoms with Crippen molar-refractivity contribution in [3.8, 4) is 5.75 Å². The molecule has 0 spiro atoms. The number of hydrogen-bond acceptors (Lipinski definition) is 3. The van der Waals surface area contributed by atoms with Crippen LogP contribution in [0.3, 0.4) is 0 Å². The van der Waals surface area contributed by atoms with E-state index >= 15 is 0 Å². The van der Waals surface area contributed by atoms with Gasteiger partial charge in [-0.15, -0.1) is 0 Å². The molecule has 2 rings (SSSR count). The van der Waals surface area contributed by atoms with Crippen LogP contribution in [-0.2, 0) is 4.79 Å². The number of amides is 1. The lowest BCUT2D eigenvalue weighted by Crippen LogP contribution is -2.24. The van der Waals surface area contributed by atoms with Crippen LogP contribution < -0.4 is 10.2 Å². The molecule has 0 fully saturated rings. The average Bonchev–Trinajstić information content (AvgIpc) is 2.47. The zero-order valence-electron chi connectivity index (χ0n) is 10.9. The Hall–Kier alpha value is -2.21. The van der Waals surface area contributed by atoms with Gasteiger partial charge in [0.1, 0.15) is 11.6 Å². The molecule has 2 aromatic carbocycles. The molecule has 0 radical (unpaired) electrons. The highest BCUT2D eigenvalue weighted by atomic mass is 79.9. The summed E-state index contributed by atoms with van der Waals surface area (Å²) in [5.74, 6) is -0.170. The summed E-state index contributed by atoms with van der Waals surface area (Å²) in [6, 6.07) is 13.0. The van der Waals surface area contributed by atoms with E-state index in [1.807, 2.05) is 12.1 Å². The first kappa shape index (κ1) is 15.2. The molecule has 6 heteroatoms. The fourth-order valence-corrected chi connectivity index (χ4v) is 1.74. The fourth-order valence-electron chi connectivity index (χ4n) is 1.48. The van der Waals surface area contributed by atoms with E-state index in [1.165, 1.54) is 18.3 Å². The van der Waals surface area contributed by atoms with Crippen LogP contribution in [0.25, 0.3) is 0 Å². The number of benzene rings is 2. The summed E-state index contributed by atoms with van der Waals surface area (Å²) in [5.41, 5.74) is 2.87. The van der Waals surface area contributed by atoms with Gasteiger partial charge >= 0.3 is 0 Å². The lowest BCUT2D eigenvalue weighted by atomic mass is 10.2. The second-order valence-electron chi connectivity index (χ2n) is 4.09. The zero-order chi connectivity index (χ0) is 15.1. The Balaban J connectivity index is 1.78. The van der Waals surface area contributed by atoms with Gasteiger partial charge in [0.2, 0.25) is 0 Å². The molecular weight excluding hydrogens is 339 g/mol. The Kier molecular flexibility index (Phi) is 5.45. The van der Waals surface area contributed by atoms with Gasteiger partial charge in [-0.05, 0) is 42.0 Å². The van der Waals surface area contributed by atoms with E-state index in [1.54, 1.807) is 24.3 Å². The summed E-state index contributed by atoms with van der Waals surface area (Å²) in [7, 11) is 0. The second-order valence-corrected chi connectivity index (χ2v) is 5.01. The van der Waals surface area contributed by atoms with Crippen LogP contribution in [0.5, 0.6) is 5.75 Å². The summed E-state index contributed by atoms with van der Waals surface area (Å²) in [6.45, 7) is -0.151. The van der Waals surface area contributed by atoms with Crippen LogP contribution in [0.1, 0.15) is 5.56 Å². The van der Waals surface area contributed by atoms with Gasteiger partial charge < -0.3 is 4.74 Å². The van der Waals surface area contributed by atoms with Crippen LogP contribution in [-0.4, -0.2) is 18.7 Å². The van der Waals surface area contributed by atoms with E-state index in [9.17, 15) is 9.18 Å². The Bertz CT molecular complexity index is 644. The molecule has 21 heavy (non-hydrogen) atoms. The van der Waals surface area contributed by atoms with Crippen molar-refractivity contribution in [2.45, 2.75) is 0 Å². The van der Waals surface area contributed by atoms with Gasteiger partial charge in [-0.1, -0.05) is 28.1 Å². The van der Waals surface area contributed by atoms with Crippen molar-refractivity contribution >= 4 is 28.1 Å². The third-order valence-corrected chi connectivity index (χ3v) is 2.96. The quantitative estimate of drug-likeness (QED) is 0.665. The monoisotopic (exact) mass is 350 g/mol. The zero-order valence-corrected chi connectivity index (χ0v) is 12.5. The molecule has 0 bridgehead atoms. The predicted molar refractivity (Wildman–Crippen MR) is 81.8 cm³/mol. The number of nitrogens with zero attached hydrogens (tertiary/aromatic N) is 1. The minimum absolute atomic E-state index is 0.151. The topological polar surface area (TPSA) is 50.7 Å². The van der Waals surface area contributed by atoms with Crippen molar-refractivity contribution in [2.75, 3.05) is 6.61 Å². The lowest BCUT2D eigenvalue weighted by molar-refractivity contribution is -0.123. The first-order valence-corrected chi connectivity index (χ1v) is 6.88. The largest absolute Gasteiger partial charge is 0.484 e. The van der Waals surface area contributed by atoms with Crippen molar-refractivity contribution in [3.05, 3.63) is 64.4 Å². The van der Waals surface area contributed by atoms with Gasteiger partial charge in [-0.25, -0.2) is 9.82 Å².